The second-order valence-electron chi connectivity index (χ2n) is 4.43. The third-order valence-electron chi connectivity index (χ3n) is 3.00. The molecule has 0 fully saturated rings. The molecule has 0 bridgehead atoms. The van der Waals surface area contributed by atoms with E-state index in [9.17, 15) is 10.1 Å². The van der Waals surface area contributed by atoms with Gasteiger partial charge in [0.05, 0.1) is 4.92 Å². The van der Waals surface area contributed by atoms with Gasteiger partial charge in [-0.2, -0.15) is 0 Å². The Morgan fingerprint density at radius 1 is 1.37 bits per heavy atom. The average molecular weight is 324 g/mol. The van der Waals surface area contributed by atoms with Crippen LogP contribution in [-0.4, -0.2) is 4.92 Å². The molecule has 5 heteroatoms. The Morgan fingerprint density at radius 3 is 2.63 bits per heavy atom. The van der Waals surface area contributed by atoms with Crippen molar-refractivity contribution >= 4 is 21.6 Å². The number of para-hydroxylation sites is 1. The molecule has 0 amide bonds. The number of alkyl halides is 1. The topological polar surface area (TPSA) is 56.3 Å². The van der Waals surface area contributed by atoms with Gasteiger partial charge in [-0.3, -0.25) is 10.1 Å². The maximum atomic E-state index is 11.0. The lowest BCUT2D eigenvalue weighted by Crippen LogP contribution is -2.00. The Bertz CT molecular complexity index is 606. The molecule has 0 spiro atoms. The zero-order chi connectivity index (χ0) is 14.0. The van der Waals surface area contributed by atoms with Gasteiger partial charge in [-0.15, -0.1) is 0 Å². The van der Waals surface area contributed by atoms with Gasteiger partial charge in [0, 0.05) is 22.0 Å². The molecule has 2 aromatic rings. The maximum absolute atomic E-state index is 11.0. The van der Waals surface area contributed by atoms with E-state index < -0.39 is 0 Å². The minimum absolute atomic E-state index is 0.00560. The normalized spacial score (nSPS) is 12.4. The molecule has 1 aromatic carbocycles. The highest BCUT2D eigenvalue weighted by atomic mass is 79.9. The van der Waals surface area contributed by atoms with E-state index >= 15 is 0 Å². The Labute approximate surface area is 119 Å². The summed E-state index contributed by atoms with van der Waals surface area (Å²) in [6, 6.07) is 8.77. The first kappa shape index (κ1) is 13.8. The summed E-state index contributed by atoms with van der Waals surface area (Å²) >= 11 is 3.59. The molecule has 0 radical (unpaired) electrons. The molecule has 0 aliphatic heterocycles. The lowest BCUT2D eigenvalue weighted by molar-refractivity contribution is -0.385. The van der Waals surface area contributed by atoms with E-state index in [1.807, 2.05) is 26.0 Å². The van der Waals surface area contributed by atoms with Crippen LogP contribution in [0.3, 0.4) is 0 Å². The monoisotopic (exact) mass is 323 g/mol. The molecule has 100 valence electrons. The van der Waals surface area contributed by atoms with Gasteiger partial charge in [0.25, 0.3) is 5.69 Å². The molecule has 4 nitrogen and oxygen atoms in total. The van der Waals surface area contributed by atoms with Crippen LogP contribution in [0.1, 0.15) is 27.5 Å². The minimum atomic E-state index is -0.345. The number of halogens is 1. The number of furan rings is 1. The van der Waals surface area contributed by atoms with Crippen LogP contribution in [0.15, 0.2) is 34.7 Å². The van der Waals surface area contributed by atoms with Crippen molar-refractivity contribution in [3.05, 3.63) is 63.1 Å². The lowest BCUT2D eigenvalue weighted by Gasteiger charge is -2.09. The molecule has 0 aliphatic carbocycles. The molecule has 1 unspecified atom stereocenters. The van der Waals surface area contributed by atoms with E-state index in [1.165, 1.54) is 6.07 Å². The van der Waals surface area contributed by atoms with Crippen LogP contribution in [0.4, 0.5) is 5.69 Å². The van der Waals surface area contributed by atoms with Gasteiger partial charge in [0.1, 0.15) is 11.5 Å². The van der Waals surface area contributed by atoms with Crippen LogP contribution in [-0.2, 0) is 6.42 Å². The second-order valence-corrected chi connectivity index (χ2v) is 5.53. The third-order valence-corrected chi connectivity index (χ3v) is 3.82. The lowest BCUT2D eigenvalue weighted by atomic mass is 10.0. The van der Waals surface area contributed by atoms with Gasteiger partial charge >= 0.3 is 0 Å². The number of benzene rings is 1. The number of rotatable bonds is 4. The SMILES string of the molecule is Cc1cc(C(Br)Cc2ccccc2[N+](=O)[O-])c(C)o1. The molecule has 0 N–H and O–H groups in total. The van der Waals surface area contributed by atoms with Crippen molar-refractivity contribution in [2.24, 2.45) is 0 Å². The minimum Gasteiger partial charge on any atom is -0.466 e. The van der Waals surface area contributed by atoms with Crippen molar-refractivity contribution in [3.8, 4) is 0 Å². The first-order valence-corrected chi connectivity index (χ1v) is 6.84. The fourth-order valence-electron chi connectivity index (χ4n) is 2.13. The van der Waals surface area contributed by atoms with E-state index in [-0.39, 0.29) is 15.4 Å². The third kappa shape index (κ3) is 3.04. The number of aryl methyl sites for hydroxylation is 2. The molecule has 1 heterocycles. The summed E-state index contributed by atoms with van der Waals surface area (Å²) in [5.74, 6) is 1.69. The van der Waals surface area contributed by atoms with Crippen molar-refractivity contribution < 1.29 is 9.34 Å². The van der Waals surface area contributed by atoms with E-state index in [1.54, 1.807) is 12.1 Å². The maximum Gasteiger partial charge on any atom is 0.272 e. The first-order valence-electron chi connectivity index (χ1n) is 5.92. The number of nitro benzene ring substituents is 1. The number of hydrogen-bond donors (Lipinski definition) is 0. The average Bonchev–Trinajstić information content (AvgIpc) is 2.69. The van der Waals surface area contributed by atoms with E-state index in [0.29, 0.717) is 12.0 Å². The zero-order valence-corrected chi connectivity index (χ0v) is 12.3. The van der Waals surface area contributed by atoms with Crippen molar-refractivity contribution in [1.82, 2.24) is 0 Å². The molecular formula is C14H14BrNO3. The van der Waals surface area contributed by atoms with Crippen molar-refractivity contribution in [2.45, 2.75) is 25.1 Å². The van der Waals surface area contributed by atoms with Crippen LogP contribution in [0.5, 0.6) is 0 Å². The summed E-state index contributed by atoms with van der Waals surface area (Å²) in [5, 5.41) is 11.0. The Kier molecular flexibility index (Phi) is 4.04. The molecule has 0 aliphatic rings. The number of hydrogen-bond acceptors (Lipinski definition) is 3. The van der Waals surface area contributed by atoms with Crippen molar-refractivity contribution in [1.29, 1.82) is 0 Å². The fourth-order valence-corrected chi connectivity index (χ4v) is 2.93. The smallest absolute Gasteiger partial charge is 0.272 e. The van der Waals surface area contributed by atoms with Crippen LogP contribution < -0.4 is 0 Å². The molecule has 19 heavy (non-hydrogen) atoms. The Balaban J connectivity index is 2.26. The van der Waals surface area contributed by atoms with E-state index in [4.69, 9.17) is 4.42 Å². The molecule has 1 aromatic heterocycles. The second kappa shape index (κ2) is 5.57. The highest BCUT2D eigenvalue weighted by Gasteiger charge is 2.19. The van der Waals surface area contributed by atoms with Crippen LogP contribution in [0.2, 0.25) is 0 Å². The summed E-state index contributed by atoms with van der Waals surface area (Å²) in [6.07, 6.45) is 0.553. The predicted molar refractivity (Wildman–Crippen MR) is 76.7 cm³/mol. The van der Waals surface area contributed by atoms with Gasteiger partial charge in [-0.05, 0) is 26.3 Å². The van der Waals surface area contributed by atoms with Crippen LogP contribution >= 0.6 is 15.9 Å². The van der Waals surface area contributed by atoms with Gasteiger partial charge in [0.2, 0.25) is 0 Å². The Hall–Kier alpha value is -1.62. The Morgan fingerprint density at radius 2 is 2.05 bits per heavy atom. The summed E-state index contributed by atoms with van der Waals surface area (Å²) in [7, 11) is 0. The first-order chi connectivity index (χ1) is 8.99. The molecule has 1 atom stereocenters. The fraction of sp³-hybridized carbons (Fsp3) is 0.286. The number of nitro groups is 1. The highest BCUT2D eigenvalue weighted by Crippen LogP contribution is 2.33. The highest BCUT2D eigenvalue weighted by molar-refractivity contribution is 9.09. The van der Waals surface area contributed by atoms with E-state index in [0.717, 1.165) is 17.1 Å². The van der Waals surface area contributed by atoms with Crippen LogP contribution in [0.25, 0.3) is 0 Å². The predicted octanol–water partition coefficient (Wildman–Crippen LogP) is 4.48. The standard InChI is InChI=1S/C14H14BrNO3/c1-9-7-12(10(2)19-9)13(15)8-11-5-3-4-6-14(11)16(17)18/h3-7,13H,8H2,1-2H3. The zero-order valence-electron chi connectivity index (χ0n) is 10.7. The van der Waals surface area contributed by atoms with Gasteiger partial charge in [-0.1, -0.05) is 34.1 Å². The quantitative estimate of drug-likeness (QED) is 0.473. The van der Waals surface area contributed by atoms with Crippen molar-refractivity contribution in [3.63, 3.8) is 0 Å². The summed E-state index contributed by atoms with van der Waals surface area (Å²) in [6.45, 7) is 3.79. The largest absolute Gasteiger partial charge is 0.466 e. The molecule has 0 saturated heterocycles. The van der Waals surface area contributed by atoms with Gasteiger partial charge in [0.15, 0.2) is 0 Å². The summed E-state index contributed by atoms with van der Waals surface area (Å²) in [5.41, 5.74) is 1.91. The molecule has 2 rings (SSSR count). The van der Waals surface area contributed by atoms with Crippen LogP contribution in [0, 0.1) is 24.0 Å². The summed E-state index contributed by atoms with van der Waals surface area (Å²) < 4.78 is 5.49. The molecule has 0 saturated carbocycles. The summed E-state index contributed by atoms with van der Waals surface area (Å²) in [4.78, 5) is 10.6. The van der Waals surface area contributed by atoms with E-state index in [2.05, 4.69) is 15.9 Å². The van der Waals surface area contributed by atoms with Crippen molar-refractivity contribution in [2.75, 3.05) is 0 Å². The molecular weight excluding hydrogens is 310 g/mol. The van der Waals surface area contributed by atoms with Gasteiger partial charge in [-0.25, -0.2) is 0 Å². The number of nitrogens with zero attached hydrogens (tertiary/aromatic N) is 1. The van der Waals surface area contributed by atoms with Gasteiger partial charge < -0.3 is 4.42 Å².